The summed E-state index contributed by atoms with van der Waals surface area (Å²) in [6.45, 7) is 0.495. The lowest BCUT2D eigenvalue weighted by atomic mass is 10.1. The Morgan fingerprint density at radius 1 is 0.944 bits per heavy atom. The maximum Gasteiger partial charge on any atom is 0.148 e. The van der Waals surface area contributed by atoms with Crippen LogP contribution in [0.1, 0.15) is 5.56 Å². The van der Waals surface area contributed by atoms with Crippen LogP contribution < -0.4 is 11.1 Å². The Morgan fingerprint density at radius 3 is 2.44 bits per heavy atom. The van der Waals surface area contributed by atoms with Gasteiger partial charge in [-0.3, -0.25) is 0 Å². The van der Waals surface area contributed by atoms with Gasteiger partial charge < -0.3 is 11.1 Å². The van der Waals surface area contributed by atoms with Gasteiger partial charge >= 0.3 is 0 Å². The van der Waals surface area contributed by atoms with Crippen LogP contribution in [0.5, 0.6) is 0 Å². The first kappa shape index (κ1) is 12.4. The smallest absolute Gasteiger partial charge is 0.148 e. The van der Waals surface area contributed by atoms with Crippen LogP contribution in [0.15, 0.2) is 42.5 Å². The Kier molecular flexibility index (Phi) is 3.77. The third kappa shape index (κ3) is 2.77. The van der Waals surface area contributed by atoms with Crippen LogP contribution in [-0.2, 0) is 6.42 Å². The zero-order chi connectivity index (χ0) is 13.0. The van der Waals surface area contributed by atoms with Crippen LogP contribution in [0.25, 0.3) is 0 Å². The van der Waals surface area contributed by atoms with Crippen molar-refractivity contribution < 1.29 is 8.78 Å². The second-order valence-electron chi connectivity index (χ2n) is 3.97. The van der Waals surface area contributed by atoms with Crippen molar-refractivity contribution in [1.29, 1.82) is 0 Å². The summed E-state index contributed by atoms with van der Waals surface area (Å²) >= 11 is 0. The largest absolute Gasteiger partial charge is 0.395 e. The standard InChI is InChI=1S/C14H14F2N2/c15-11-5-2-1-4-10(11)8-9-18-13-7-3-6-12(16)14(13)17/h1-7,18H,8-9,17H2. The Labute approximate surface area is 104 Å². The normalized spacial score (nSPS) is 10.3. The molecule has 0 fully saturated rings. The molecule has 0 aliphatic carbocycles. The van der Waals surface area contributed by atoms with E-state index in [1.807, 2.05) is 0 Å². The number of nitrogens with two attached hydrogens (primary N) is 1. The summed E-state index contributed by atoms with van der Waals surface area (Å²) in [5.41, 5.74) is 6.83. The Morgan fingerprint density at radius 2 is 1.67 bits per heavy atom. The fourth-order valence-electron chi connectivity index (χ4n) is 1.72. The van der Waals surface area contributed by atoms with Crippen molar-refractivity contribution in [2.45, 2.75) is 6.42 Å². The SMILES string of the molecule is Nc1c(F)cccc1NCCc1ccccc1F. The van der Waals surface area contributed by atoms with Gasteiger partial charge in [-0.25, -0.2) is 8.78 Å². The minimum Gasteiger partial charge on any atom is -0.395 e. The highest BCUT2D eigenvalue weighted by Crippen LogP contribution is 2.21. The molecule has 0 saturated carbocycles. The number of halogens is 2. The number of hydrogen-bond acceptors (Lipinski definition) is 2. The first-order valence-corrected chi connectivity index (χ1v) is 5.70. The fraction of sp³-hybridized carbons (Fsp3) is 0.143. The molecule has 2 aromatic carbocycles. The van der Waals surface area contributed by atoms with Crippen molar-refractivity contribution in [1.82, 2.24) is 0 Å². The number of nitrogen functional groups attached to an aromatic ring is 1. The zero-order valence-electron chi connectivity index (χ0n) is 9.79. The predicted octanol–water partition coefficient (Wildman–Crippen LogP) is 3.20. The van der Waals surface area contributed by atoms with Crippen molar-refractivity contribution >= 4 is 11.4 Å². The Balaban J connectivity index is 1.97. The Bertz CT molecular complexity index is 541. The summed E-state index contributed by atoms with van der Waals surface area (Å²) in [5.74, 6) is -0.683. The van der Waals surface area contributed by atoms with Crippen molar-refractivity contribution in [3.05, 3.63) is 59.7 Å². The van der Waals surface area contributed by atoms with Gasteiger partial charge in [0.05, 0.1) is 11.4 Å². The molecule has 2 rings (SSSR count). The van der Waals surface area contributed by atoms with E-state index in [9.17, 15) is 8.78 Å². The number of nitrogens with one attached hydrogen (secondary N) is 1. The highest BCUT2D eigenvalue weighted by atomic mass is 19.1. The van der Waals surface area contributed by atoms with Gasteiger partial charge in [-0.05, 0) is 30.2 Å². The molecule has 2 aromatic rings. The molecule has 0 radical (unpaired) electrons. The maximum absolute atomic E-state index is 13.3. The summed E-state index contributed by atoms with van der Waals surface area (Å²) in [4.78, 5) is 0. The number of hydrogen-bond donors (Lipinski definition) is 2. The van der Waals surface area contributed by atoms with Gasteiger partial charge in [-0.2, -0.15) is 0 Å². The molecular formula is C14H14F2N2. The van der Waals surface area contributed by atoms with E-state index in [1.165, 1.54) is 12.1 Å². The number of anilines is 2. The van der Waals surface area contributed by atoms with Crippen LogP contribution in [0, 0.1) is 11.6 Å². The average molecular weight is 248 g/mol. The molecule has 94 valence electrons. The van der Waals surface area contributed by atoms with Gasteiger partial charge in [0, 0.05) is 6.54 Å². The van der Waals surface area contributed by atoms with E-state index >= 15 is 0 Å². The summed E-state index contributed by atoms with van der Waals surface area (Å²) in [5, 5.41) is 3.00. The molecule has 0 aliphatic rings. The fourth-order valence-corrected chi connectivity index (χ4v) is 1.72. The number of rotatable bonds is 4. The molecule has 0 saturated heterocycles. The van der Waals surface area contributed by atoms with E-state index in [-0.39, 0.29) is 11.5 Å². The third-order valence-electron chi connectivity index (χ3n) is 2.72. The summed E-state index contributed by atoms with van der Waals surface area (Å²) in [7, 11) is 0. The number of para-hydroxylation sites is 1. The van der Waals surface area contributed by atoms with Crippen LogP contribution in [-0.4, -0.2) is 6.54 Å². The summed E-state index contributed by atoms with van der Waals surface area (Å²) in [6, 6.07) is 11.2. The van der Waals surface area contributed by atoms with Crippen LogP contribution in [0.4, 0.5) is 20.2 Å². The monoisotopic (exact) mass is 248 g/mol. The van der Waals surface area contributed by atoms with E-state index < -0.39 is 5.82 Å². The highest BCUT2D eigenvalue weighted by molar-refractivity contribution is 5.66. The lowest BCUT2D eigenvalue weighted by Crippen LogP contribution is -2.08. The zero-order valence-corrected chi connectivity index (χ0v) is 9.79. The maximum atomic E-state index is 13.3. The molecule has 0 bridgehead atoms. The third-order valence-corrected chi connectivity index (χ3v) is 2.72. The van der Waals surface area contributed by atoms with Gasteiger partial charge in [0.15, 0.2) is 0 Å². The van der Waals surface area contributed by atoms with E-state index in [1.54, 1.807) is 30.3 Å². The minimum atomic E-state index is -0.453. The van der Waals surface area contributed by atoms with Crippen molar-refractivity contribution in [3.63, 3.8) is 0 Å². The average Bonchev–Trinajstić information content (AvgIpc) is 2.37. The predicted molar refractivity (Wildman–Crippen MR) is 69.4 cm³/mol. The Hall–Kier alpha value is -2.10. The van der Waals surface area contributed by atoms with Crippen molar-refractivity contribution in [2.75, 3.05) is 17.6 Å². The van der Waals surface area contributed by atoms with Gasteiger partial charge in [0.1, 0.15) is 11.6 Å². The molecule has 4 heteroatoms. The van der Waals surface area contributed by atoms with E-state index in [4.69, 9.17) is 5.73 Å². The molecule has 2 nitrogen and oxygen atoms in total. The van der Waals surface area contributed by atoms with Crippen LogP contribution in [0.2, 0.25) is 0 Å². The molecule has 0 spiro atoms. The minimum absolute atomic E-state index is 0.0889. The topological polar surface area (TPSA) is 38.0 Å². The van der Waals surface area contributed by atoms with Gasteiger partial charge in [0.2, 0.25) is 0 Å². The molecule has 3 N–H and O–H groups in total. The number of benzene rings is 2. The van der Waals surface area contributed by atoms with Crippen LogP contribution in [0.3, 0.4) is 0 Å². The summed E-state index contributed by atoms with van der Waals surface area (Å²) < 4.78 is 26.5. The molecule has 0 amide bonds. The second-order valence-corrected chi connectivity index (χ2v) is 3.97. The molecule has 0 aliphatic heterocycles. The molecule has 0 aromatic heterocycles. The highest BCUT2D eigenvalue weighted by Gasteiger charge is 2.04. The van der Waals surface area contributed by atoms with Gasteiger partial charge in [0.25, 0.3) is 0 Å². The quantitative estimate of drug-likeness (QED) is 0.815. The van der Waals surface area contributed by atoms with Gasteiger partial charge in [-0.15, -0.1) is 0 Å². The van der Waals surface area contributed by atoms with E-state index in [0.29, 0.717) is 24.2 Å². The van der Waals surface area contributed by atoms with Crippen molar-refractivity contribution in [3.8, 4) is 0 Å². The van der Waals surface area contributed by atoms with Crippen molar-refractivity contribution in [2.24, 2.45) is 0 Å². The lowest BCUT2D eigenvalue weighted by molar-refractivity contribution is 0.610. The van der Waals surface area contributed by atoms with E-state index in [0.717, 1.165) is 0 Å². The second kappa shape index (κ2) is 5.49. The van der Waals surface area contributed by atoms with Crippen LogP contribution >= 0.6 is 0 Å². The lowest BCUT2D eigenvalue weighted by Gasteiger charge is -2.10. The van der Waals surface area contributed by atoms with Gasteiger partial charge in [-0.1, -0.05) is 24.3 Å². The summed E-state index contributed by atoms with van der Waals surface area (Å²) in [6.07, 6.45) is 0.516. The molecule has 0 unspecified atom stereocenters. The first-order valence-electron chi connectivity index (χ1n) is 5.70. The van der Waals surface area contributed by atoms with E-state index in [2.05, 4.69) is 5.32 Å². The molecule has 0 heterocycles. The molecule has 18 heavy (non-hydrogen) atoms. The molecule has 0 atom stereocenters. The first-order chi connectivity index (χ1) is 8.68. The molecular weight excluding hydrogens is 234 g/mol.